The summed E-state index contributed by atoms with van der Waals surface area (Å²) < 4.78 is 13.3. The molecule has 0 fully saturated rings. The molecule has 0 unspecified atom stereocenters. The molecule has 0 atom stereocenters. The minimum atomic E-state index is -0.725. The van der Waals surface area contributed by atoms with Crippen molar-refractivity contribution in [1.29, 1.82) is 0 Å². The summed E-state index contributed by atoms with van der Waals surface area (Å²) in [4.78, 5) is 11.2. The van der Waals surface area contributed by atoms with Gasteiger partial charge in [0.15, 0.2) is 0 Å². The van der Waals surface area contributed by atoms with Crippen molar-refractivity contribution >= 4 is 23.3 Å². The maximum atomic E-state index is 13.3. The van der Waals surface area contributed by atoms with E-state index in [1.54, 1.807) is 14.1 Å². The number of carbonyl (C=O) groups excluding carboxylic acids is 1. The molecule has 3 N–H and O–H groups in total. The zero-order chi connectivity index (χ0) is 12.3. The van der Waals surface area contributed by atoms with Crippen LogP contribution in [-0.4, -0.2) is 30.2 Å². The molecule has 5 nitrogen and oxygen atoms in total. The second-order valence-electron chi connectivity index (χ2n) is 3.24. The Bertz CT molecular complexity index is 412. The fourth-order valence-corrected chi connectivity index (χ4v) is 1.14. The molecule has 0 saturated carbocycles. The predicted molar refractivity (Wildman–Crippen MR) is 58.9 cm³/mol. The topological polar surface area (TPSA) is 64.6 Å². The molecule has 0 bridgehead atoms. The van der Waals surface area contributed by atoms with Gasteiger partial charge < -0.3 is 10.4 Å². The van der Waals surface area contributed by atoms with Crippen LogP contribution in [0.1, 0.15) is 0 Å². The molecule has 2 amide bonds. The first-order valence-electron chi connectivity index (χ1n) is 4.33. The van der Waals surface area contributed by atoms with Crippen molar-refractivity contribution in [1.82, 2.24) is 10.4 Å². The van der Waals surface area contributed by atoms with Crippen molar-refractivity contribution in [2.75, 3.05) is 19.4 Å². The molecule has 0 aliphatic heterocycles. The Morgan fingerprint density at radius 2 is 2.12 bits per heavy atom. The summed E-state index contributed by atoms with van der Waals surface area (Å²) in [7, 11) is 3.21. The molecule has 0 aliphatic rings. The van der Waals surface area contributed by atoms with Crippen LogP contribution < -0.4 is 10.7 Å². The number of nitrogens with zero attached hydrogens (tertiary/aromatic N) is 1. The molecule has 7 heteroatoms. The van der Waals surface area contributed by atoms with Crippen LogP contribution in [0, 0.1) is 5.82 Å². The number of urea groups is 1. The molecule has 0 spiro atoms. The second kappa shape index (κ2) is 5.00. The van der Waals surface area contributed by atoms with E-state index in [9.17, 15) is 14.3 Å². The summed E-state index contributed by atoms with van der Waals surface area (Å²) in [6, 6.07) is 1.33. The van der Waals surface area contributed by atoms with Crippen LogP contribution in [0.15, 0.2) is 12.1 Å². The maximum absolute atomic E-state index is 13.3. The smallest absolute Gasteiger partial charge is 0.333 e. The first-order chi connectivity index (χ1) is 7.40. The van der Waals surface area contributed by atoms with Crippen LogP contribution in [0.5, 0.6) is 5.75 Å². The number of benzene rings is 1. The van der Waals surface area contributed by atoms with Crippen molar-refractivity contribution in [3.63, 3.8) is 0 Å². The lowest BCUT2D eigenvalue weighted by Crippen LogP contribution is -2.39. The van der Waals surface area contributed by atoms with E-state index < -0.39 is 11.8 Å². The first-order valence-corrected chi connectivity index (χ1v) is 4.71. The Hall–Kier alpha value is -1.53. The maximum Gasteiger partial charge on any atom is 0.333 e. The Morgan fingerprint density at radius 3 is 2.69 bits per heavy atom. The summed E-state index contributed by atoms with van der Waals surface area (Å²) in [6.07, 6.45) is 0. The number of nitrogens with one attached hydrogen (secondary N) is 2. The van der Waals surface area contributed by atoms with E-state index in [4.69, 9.17) is 11.6 Å². The third kappa shape index (κ3) is 3.25. The van der Waals surface area contributed by atoms with Crippen molar-refractivity contribution in [3.05, 3.63) is 23.0 Å². The van der Waals surface area contributed by atoms with E-state index in [2.05, 4.69) is 10.7 Å². The molecule has 0 aromatic heterocycles. The third-order valence-corrected chi connectivity index (χ3v) is 1.91. The summed E-state index contributed by atoms with van der Waals surface area (Å²) >= 11 is 5.48. The summed E-state index contributed by atoms with van der Waals surface area (Å²) in [5, 5.41) is 12.7. The van der Waals surface area contributed by atoms with Gasteiger partial charge in [-0.15, -0.1) is 0 Å². The molecule has 1 aromatic carbocycles. The van der Waals surface area contributed by atoms with E-state index in [0.29, 0.717) is 0 Å². The van der Waals surface area contributed by atoms with E-state index in [1.807, 2.05) is 0 Å². The first kappa shape index (κ1) is 12.5. The number of amides is 2. The summed E-state index contributed by atoms with van der Waals surface area (Å²) in [6.45, 7) is 0. The number of carbonyl (C=O) groups is 1. The number of phenolic OH excluding ortho intramolecular Hbond substituents is 1. The van der Waals surface area contributed by atoms with Gasteiger partial charge in [0.2, 0.25) is 0 Å². The standard InChI is InChI=1S/C9H11ClFN3O2/c1-14(2)13-9(16)12-7-4-8(15)5(10)3-6(7)11/h3-4,15H,1-2H3,(H2,12,13,16). The van der Waals surface area contributed by atoms with Crippen LogP contribution >= 0.6 is 11.6 Å². The average molecular weight is 248 g/mol. The molecule has 88 valence electrons. The normalized spacial score (nSPS) is 10.3. The van der Waals surface area contributed by atoms with Gasteiger partial charge in [-0.05, 0) is 6.07 Å². The van der Waals surface area contributed by atoms with Crippen LogP contribution in [0.4, 0.5) is 14.9 Å². The number of rotatable bonds is 2. The largest absolute Gasteiger partial charge is 0.506 e. The van der Waals surface area contributed by atoms with E-state index in [-0.39, 0.29) is 16.5 Å². The lowest BCUT2D eigenvalue weighted by Gasteiger charge is -2.13. The molecule has 1 rings (SSSR count). The van der Waals surface area contributed by atoms with Gasteiger partial charge in [0, 0.05) is 20.2 Å². The fourth-order valence-electron chi connectivity index (χ4n) is 0.987. The van der Waals surface area contributed by atoms with Crippen LogP contribution in [0.2, 0.25) is 5.02 Å². The van der Waals surface area contributed by atoms with Gasteiger partial charge in [-0.3, -0.25) is 5.43 Å². The number of anilines is 1. The van der Waals surface area contributed by atoms with Crippen molar-refractivity contribution in [2.45, 2.75) is 0 Å². The highest BCUT2D eigenvalue weighted by Crippen LogP contribution is 2.28. The van der Waals surface area contributed by atoms with Crippen molar-refractivity contribution in [3.8, 4) is 5.75 Å². The van der Waals surface area contributed by atoms with Gasteiger partial charge in [-0.25, -0.2) is 14.2 Å². The average Bonchev–Trinajstić information content (AvgIpc) is 2.12. The zero-order valence-corrected chi connectivity index (χ0v) is 9.47. The number of hydrazine groups is 1. The van der Waals surface area contributed by atoms with E-state index in [0.717, 1.165) is 12.1 Å². The van der Waals surface area contributed by atoms with Crippen molar-refractivity contribution in [2.24, 2.45) is 0 Å². The number of aromatic hydroxyl groups is 1. The number of hydrogen-bond donors (Lipinski definition) is 3. The quantitative estimate of drug-likeness (QED) is 0.698. The van der Waals surface area contributed by atoms with Crippen LogP contribution in [0.25, 0.3) is 0 Å². The van der Waals surface area contributed by atoms with E-state index in [1.165, 1.54) is 5.01 Å². The highest BCUT2D eigenvalue weighted by Gasteiger charge is 2.10. The summed E-state index contributed by atoms with van der Waals surface area (Å²) in [5.74, 6) is -1.03. The van der Waals surface area contributed by atoms with Crippen molar-refractivity contribution < 1.29 is 14.3 Å². The van der Waals surface area contributed by atoms with Gasteiger partial charge in [0.1, 0.15) is 11.6 Å². The zero-order valence-electron chi connectivity index (χ0n) is 8.71. The van der Waals surface area contributed by atoms with Gasteiger partial charge in [0.05, 0.1) is 10.7 Å². The Labute approximate surface area is 96.8 Å². The predicted octanol–water partition coefficient (Wildman–Crippen LogP) is 1.78. The van der Waals surface area contributed by atoms with E-state index >= 15 is 0 Å². The van der Waals surface area contributed by atoms with Gasteiger partial charge in [0.25, 0.3) is 0 Å². The highest BCUT2D eigenvalue weighted by molar-refractivity contribution is 6.32. The Kier molecular flexibility index (Phi) is 3.92. The third-order valence-electron chi connectivity index (χ3n) is 1.61. The molecular weight excluding hydrogens is 237 g/mol. The lowest BCUT2D eigenvalue weighted by atomic mass is 10.3. The fraction of sp³-hybridized carbons (Fsp3) is 0.222. The van der Waals surface area contributed by atoms with Crippen LogP contribution in [-0.2, 0) is 0 Å². The van der Waals surface area contributed by atoms with Crippen LogP contribution in [0.3, 0.4) is 0 Å². The molecule has 0 saturated heterocycles. The monoisotopic (exact) mass is 247 g/mol. The minimum Gasteiger partial charge on any atom is -0.506 e. The molecule has 0 aliphatic carbocycles. The molecule has 0 heterocycles. The van der Waals surface area contributed by atoms with Gasteiger partial charge in [-0.2, -0.15) is 0 Å². The number of hydrogen-bond acceptors (Lipinski definition) is 3. The Morgan fingerprint density at radius 1 is 1.50 bits per heavy atom. The Balaban J connectivity index is 2.81. The number of phenols is 1. The molecule has 1 aromatic rings. The molecule has 0 radical (unpaired) electrons. The second-order valence-corrected chi connectivity index (χ2v) is 3.65. The van der Waals surface area contributed by atoms with Gasteiger partial charge >= 0.3 is 6.03 Å². The highest BCUT2D eigenvalue weighted by atomic mass is 35.5. The SMILES string of the molecule is CN(C)NC(=O)Nc1cc(O)c(Cl)cc1F. The number of halogens is 2. The summed E-state index contributed by atoms with van der Waals surface area (Å²) in [5.41, 5.74) is 2.20. The lowest BCUT2D eigenvalue weighted by molar-refractivity contribution is 0.224. The molecular formula is C9H11ClFN3O2. The van der Waals surface area contributed by atoms with Gasteiger partial charge in [-0.1, -0.05) is 11.6 Å². The molecule has 16 heavy (non-hydrogen) atoms. The minimum absolute atomic E-state index is 0.115.